The number of fused-ring (bicyclic) bond motifs is 1. The van der Waals surface area contributed by atoms with Crippen LogP contribution in [0.2, 0.25) is 0 Å². The van der Waals surface area contributed by atoms with Crippen LogP contribution >= 0.6 is 0 Å². The minimum atomic E-state index is 0.423. The summed E-state index contributed by atoms with van der Waals surface area (Å²) < 4.78 is 11.1. The summed E-state index contributed by atoms with van der Waals surface area (Å²) in [6.45, 7) is 8.13. The maximum Gasteiger partial charge on any atom is 0.217 e. The first kappa shape index (κ1) is 12.2. The average molecular weight is 241 g/mol. The first-order valence-corrected chi connectivity index (χ1v) is 5.72. The number of rotatable bonds is 6. The molecule has 0 aliphatic rings. The van der Waals surface area contributed by atoms with E-state index in [1.165, 1.54) is 0 Å². The maximum absolute atomic E-state index is 5.63. The van der Waals surface area contributed by atoms with Crippen molar-refractivity contribution in [3.05, 3.63) is 55.6 Å². The van der Waals surface area contributed by atoms with Crippen molar-refractivity contribution in [2.45, 2.75) is 0 Å². The van der Waals surface area contributed by atoms with E-state index in [9.17, 15) is 0 Å². The highest BCUT2D eigenvalue weighted by atomic mass is 16.5. The Balaban J connectivity index is 2.42. The van der Waals surface area contributed by atoms with Crippen molar-refractivity contribution in [3.8, 4) is 11.6 Å². The third-order valence-electron chi connectivity index (χ3n) is 2.36. The molecule has 0 aliphatic carbocycles. The average Bonchev–Trinajstić information content (AvgIpc) is 2.42. The lowest BCUT2D eigenvalue weighted by Gasteiger charge is -2.10. The summed E-state index contributed by atoms with van der Waals surface area (Å²) in [5, 5.41) is 0.963. The number of pyridine rings is 1. The zero-order valence-corrected chi connectivity index (χ0v) is 10.1. The SMILES string of the molecule is C=CCOc1cc(OCC=C)c2ccccc2n1. The van der Waals surface area contributed by atoms with Crippen molar-refractivity contribution >= 4 is 10.9 Å². The van der Waals surface area contributed by atoms with Crippen LogP contribution in [0.4, 0.5) is 0 Å². The number of nitrogens with zero attached hydrogens (tertiary/aromatic N) is 1. The number of benzene rings is 1. The molecule has 2 rings (SSSR count). The van der Waals surface area contributed by atoms with Crippen LogP contribution in [0, 0.1) is 0 Å². The van der Waals surface area contributed by atoms with Gasteiger partial charge in [-0.1, -0.05) is 37.4 Å². The summed E-state index contributed by atoms with van der Waals surface area (Å²) in [4.78, 5) is 4.41. The monoisotopic (exact) mass is 241 g/mol. The Morgan fingerprint density at radius 3 is 2.56 bits per heavy atom. The van der Waals surface area contributed by atoms with Gasteiger partial charge in [-0.2, -0.15) is 0 Å². The summed E-state index contributed by atoms with van der Waals surface area (Å²) in [6, 6.07) is 9.57. The van der Waals surface area contributed by atoms with E-state index in [1.807, 2.05) is 24.3 Å². The van der Waals surface area contributed by atoms with E-state index in [4.69, 9.17) is 9.47 Å². The molecular formula is C15H15NO2. The van der Waals surface area contributed by atoms with Crippen LogP contribution in [0.15, 0.2) is 55.6 Å². The second-order valence-electron chi connectivity index (χ2n) is 3.68. The van der Waals surface area contributed by atoms with Crippen LogP contribution in [0.5, 0.6) is 11.6 Å². The van der Waals surface area contributed by atoms with E-state index in [2.05, 4.69) is 18.1 Å². The predicted molar refractivity (Wildman–Crippen MR) is 73.1 cm³/mol. The molecule has 0 saturated heterocycles. The van der Waals surface area contributed by atoms with E-state index in [0.29, 0.717) is 19.1 Å². The fourth-order valence-electron chi connectivity index (χ4n) is 1.61. The minimum absolute atomic E-state index is 0.423. The largest absolute Gasteiger partial charge is 0.489 e. The highest BCUT2D eigenvalue weighted by Crippen LogP contribution is 2.28. The molecule has 0 unspecified atom stereocenters. The smallest absolute Gasteiger partial charge is 0.217 e. The summed E-state index contributed by atoms with van der Waals surface area (Å²) in [6.07, 6.45) is 3.39. The van der Waals surface area contributed by atoms with Crippen molar-refractivity contribution in [2.24, 2.45) is 0 Å². The zero-order chi connectivity index (χ0) is 12.8. The van der Waals surface area contributed by atoms with Crippen LogP contribution in [0.25, 0.3) is 10.9 Å². The van der Waals surface area contributed by atoms with E-state index in [0.717, 1.165) is 16.7 Å². The van der Waals surface area contributed by atoms with E-state index in [-0.39, 0.29) is 0 Å². The van der Waals surface area contributed by atoms with Crippen molar-refractivity contribution < 1.29 is 9.47 Å². The van der Waals surface area contributed by atoms with Gasteiger partial charge in [0.05, 0.1) is 5.52 Å². The quantitative estimate of drug-likeness (QED) is 0.727. The summed E-state index contributed by atoms with van der Waals surface area (Å²) in [5.74, 6) is 1.28. The molecule has 0 aliphatic heterocycles. The van der Waals surface area contributed by atoms with Gasteiger partial charge < -0.3 is 9.47 Å². The number of ether oxygens (including phenoxy) is 2. The van der Waals surface area contributed by atoms with Crippen LogP contribution in [0.1, 0.15) is 0 Å². The fourth-order valence-corrected chi connectivity index (χ4v) is 1.61. The number of hydrogen-bond acceptors (Lipinski definition) is 3. The third-order valence-corrected chi connectivity index (χ3v) is 2.36. The van der Waals surface area contributed by atoms with Gasteiger partial charge in [0.1, 0.15) is 19.0 Å². The van der Waals surface area contributed by atoms with Gasteiger partial charge in [0.2, 0.25) is 5.88 Å². The molecule has 18 heavy (non-hydrogen) atoms. The fraction of sp³-hybridized carbons (Fsp3) is 0.133. The van der Waals surface area contributed by atoms with Gasteiger partial charge in [-0.3, -0.25) is 0 Å². The Kier molecular flexibility index (Phi) is 3.97. The molecule has 0 radical (unpaired) electrons. The van der Waals surface area contributed by atoms with Gasteiger partial charge in [-0.05, 0) is 12.1 Å². The highest BCUT2D eigenvalue weighted by molar-refractivity contribution is 5.85. The molecule has 3 nitrogen and oxygen atoms in total. The second-order valence-corrected chi connectivity index (χ2v) is 3.68. The van der Waals surface area contributed by atoms with Gasteiger partial charge in [0, 0.05) is 11.5 Å². The Bertz CT molecular complexity index is 563. The van der Waals surface area contributed by atoms with Gasteiger partial charge in [-0.15, -0.1) is 0 Å². The predicted octanol–water partition coefficient (Wildman–Crippen LogP) is 3.36. The van der Waals surface area contributed by atoms with Gasteiger partial charge >= 0.3 is 0 Å². The van der Waals surface area contributed by atoms with E-state index < -0.39 is 0 Å². The van der Waals surface area contributed by atoms with Crippen LogP contribution in [0.3, 0.4) is 0 Å². The standard InChI is InChI=1S/C15H15NO2/c1-3-9-17-14-11-15(18-10-4-2)16-13-8-6-5-7-12(13)14/h3-8,11H,1-2,9-10H2. The highest BCUT2D eigenvalue weighted by Gasteiger charge is 2.06. The molecule has 3 heteroatoms. The van der Waals surface area contributed by atoms with Crippen molar-refractivity contribution in [2.75, 3.05) is 13.2 Å². The van der Waals surface area contributed by atoms with E-state index in [1.54, 1.807) is 18.2 Å². The molecule has 1 heterocycles. The zero-order valence-electron chi connectivity index (χ0n) is 10.1. The third kappa shape index (κ3) is 2.69. The number of aromatic nitrogens is 1. The molecule has 92 valence electrons. The van der Waals surface area contributed by atoms with Gasteiger partial charge in [-0.25, -0.2) is 4.98 Å². The van der Waals surface area contributed by atoms with Crippen LogP contribution in [-0.4, -0.2) is 18.2 Å². The summed E-state index contributed by atoms with van der Waals surface area (Å²) in [7, 11) is 0. The lowest BCUT2D eigenvalue weighted by atomic mass is 10.2. The molecule has 0 atom stereocenters. The molecule has 0 amide bonds. The lowest BCUT2D eigenvalue weighted by molar-refractivity contribution is 0.338. The van der Waals surface area contributed by atoms with Crippen LogP contribution < -0.4 is 9.47 Å². The van der Waals surface area contributed by atoms with Gasteiger partial charge in [0.25, 0.3) is 0 Å². The topological polar surface area (TPSA) is 31.4 Å². The Morgan fingerprint density at radius 1 is 1.06 bits per heavy atom. The first-order chi connectivity index (χ1) is 8.85. The molecule has 1 aromatic carbocycles. The normalized spacial score (nSPS) is 10.0. The lowest BCUT2D eigenvalue weighted by Crippen LogP contribution is -1.99. The molecule has 0 fully saturated rings. The minimum Gasteiger partial charge on any atom is -0.489 e. The Morgan fingerprint density at radius 2 is 1.78 bits per heavy atom. The molecule has 1 aromatic heterocycles. The molecule has 0 bridgehead atoms. The van der Waals surface area contributed by atoms with E-state index >= 15 is 0 Å². The molecule has 0 saturated carbocycles. The Labute approximate surface area is 106 Å². The van der Waals surface area contributed by atoms with Gasteiger partial charge in [0.15, 0.2) is 0 Å². The summed E-state index contributed by atoms with van der Waals surface area (Å²) >= 11 is 0. The van der Waals surface area contributed by atoms with Crippen molar-refractivity contribution in [1.82, 2.24) is 4.98 Å². The number of hydrogen-bond donors (Lipinski definition) is 0. The first-order valence-electron chi connectivity index (χ1n) is 5.72. The van der Waals surface area contributed by atoms with Crippen LogP contribution in [-0.2, 0) is 0 Å². The maximum atomic E-state index is 5.63. The summed E-state index contributed by atoms with van der Waals surface area (Å²) in [5.41, 5.74) is 0.845. The molecule has 0 N–H and O–H groups in total. The van der Waals surface area contributed by atoms with Crippen molar-refractivity contribution in [1.29, 1.82) is 0 Å². The molecular weight excluding hydrogens is 226 g/mol. The number of para-hydroxylation sites is 1. The second kappa shape index (κ2) is 5.87. The molecule has 0 spiro atoms. The Hall–Kier alpha value is -2.29. The molecule has 2 aromatic rings. The van der Waals surface area contributed by atoms with Crippen molar-refractivity contribution in [3.63, 3.8) is 0 Å².